The van der Waals surface area contributed by atoms with E-state index in [4.69, 9.17) is 0 Å². The zero-order valence-electron chi connectivity index (χ0n) is 18.1. The monoisotopic (exact) mass is 478 g/mol. The van der Waals surface area contributed by atoms with Crippen molar-refractivity contribution in [1.82, 2.24) is 9.47 Å². The van der Waals surface area contributed by atoms with Gasteiger partial charge in [0.15, 0.2) is 0 Å². The lowest BCUT2D eigenvalue weighted by Crippen LogP contribution is -2.27. The van der Waals surface area contributed by atoms with Gasteiger partial charge in [0.1, 0.15) is 0 Å². The van der Waals surface area contributed by atoms with Crippen LogP contribution < -0.4 is 0 Å². The van der Waals surface area contributed by atoms with E-state index >= 15 is 0 Å². The third-order valence-electron chi connectivity index (χ3n) is 5.44. The third kappa shape index (κ3) is 4.33. The highest BCUT2D eigenvalue weighted by molar-refractivity contribution is 8.18. The fourth-order valence-electron chi connectivity index (χ4n) is 3.74. The number of nitrogens with zero attached hydrogens (tertiary/aromatic N) is 4. The van der Waals surface area contributed by atoms with Gasteiger partial charge in [0, 0.05) is 41.3 Å². The van der Waals surface area contributed by atoms with E-state index in [9.17, 15) is 29.8 Å². The Hall–Kier alpha value is -4.25. The van der Waals surface area contributed by atoms with E-state index in [2.05, 4.69) is 0 Å². The zero-order chi connectivity index (χ0) is 24.6. The molecule has 34 heavy (non-hydrogen) atoms. The van der Waals surface area contributed by atoms with Crippen LogP contribution in [-0.4, -0.2) is 30.5 Å². The molecule has 1 saturated heterocycles. The van der Waals surface area contributed by atoms with Crippen molar-refractivity contribution >= 4 is 40.4 Å². The van der Waals surface area contributed by atoms with Crippen molar-refractivity contribution < 1.29 is 19.4 Å². The predicted molar refractivity (Wildman–Crippen MR) is 127 cm³/mol. The third-order valence-corrected chi connectivity index (χ3v) is 6.34. The van der Waals surface area contributed by atoms with Crippen molar-refractivity contribution in [1.29, 1.82) is 0 Å². The second kappa shape index (κ2) is 8.94. The van der Waals surface area contributed by atoms with Gasteiger partial charge in [0.05, 0.1) is 21.3 Å². The molecule has 0 unspecified atom stereocenters. The van der Waals surface area contributed by atoms with Crippen molar-refractivity contribution in [3.8, 4) is 5.69 Å². The standard InChI is InChI=1S/C23H18N4O6S/c1-14-11-17(15(2)25(14)18-7-9-20(10-8-18)27(32)33)12-21-22(28)24(23(29)34-21)13-16-3-5-19(6-4-16)26(30)31/h3-12H,13H2,1-2H3/b21-12-. The highest BCUT2D eigenvalue weighted by Crippen LogP contribution is 2.35. The molecule has 172 valence electrons. The van der Waals surface area contributed by atoms with Crippen LogP contribution in [0.2, 0.25) is 0 Å². The molecule has 1 fully saturated rings. The van der Waals surface area contributed by atoms with Crippen molar-refractivity contribution in [2.24, 2.45) is 0 Å². The molecule has 1 aliphatic rings. The SMILES string of the molecule is Cc1cc(/C=C2\SC(=O)N(Cc3ccc([N+](=O)[O-])cc3)C2=O)c(C)n1-c1ccc([N+](=O)[O-])cc1. The van der Waals surface area contributed by atoms with Crippen LogP contribution in [0.4, 0.5) is 16.2 Å². The van der Waals surface area contributed by atoms with Gasteiger partial charge < -0.3 is 4.57 Å². The topological polar surface area (TPSA) is 129 Å². The molecule has 2 heterocycles. The number of non-ortho nitro benzene ring substituents is 2. The summed E-state index contributed by atoms with van der Waals surface area (Å²) in [6, 6.07) is 13.7. The summed E-state index contributed by atoms with van der Waals surface area (Å²) in [4.78, 5) is 47.5. The number of nitro groups is 2. The Labute approximate surface area is 197 Å². The zero-order valence-corrected chi connectivity index (χ0v) is 18.9. The minimum Gasteiger partial charge on any atom is -0.318 e. The van der Waals surface area contributed by atoms with Crippen LogP contribution in [0.5, 0.6) is 0 Å². The van der Waals surface area contributed by atoms with Crippen molar-refractivity contribution in [3.63, 3.8) is 0 Å². The Balaban J connectivity index is 1.58. The molecule has 2 amide bonds. The Morgan fingerprint density at radius 2 is 1.47 bits per heavy atom. The average molecular weight is 478 g/mol. The molecular formula is C23H18N4O6S. The molecule has 0 atom stereocenters. The number of imide groups is 1. The maximum absolute atomic E-state index is 12.9. The lowest BCUT2D eigenvalue weighted by molar-refractivity contribution is -0.385. The summed E-state index contributed by atoms with van der Waals surface area (Å²) < 4.78 is 1.91. The lowest BCUT2D eigenvalue weighted by atomic mass is 10.2. The number of benzene rings is 2. The molecule has 3 aromatic rings. The minimum atomic E-state index is -0.514. The molecule has 0 saturated carbocycles. The number of nitro benzene ring substituents is 2. The summed E-state index contributed by atoms with van der Waals surface area (Å²) in [5.41, 5.74) is 3.69. The van der Waals surface area contributed by atoms with E-state index in [1.165, 1.54) is 36.4 Å². The Morgan fingerprint density at radius 1 is 0.912 bits per heavy atom. The summed E-state index contributed by atoms with van der Waals surface area (Å²) in [5, 5.41) is 21.3. The normalized spacial score (nSPS) is 14.8. The molecular weight excluding hydrogens is 460 g/mol. The molecule has 0 bridgehead atoms. The molecule has 0 N–H and O–H groups in total. The summed E-state index contributed by atoms with van der Waals surface area (Å²) in [7, 11) is 0. The molecule has 11 heteroatoms. The van der Waals surface area contributed by atoms with E-state index in [0.717, 1.165) is 39.3 Å². The number of carbonyl (C=O) groups is 2. The number of aryl methyl sites for hydroxylation is 1. The molecule has 1 aliphatic heterocycles. The van der Waals surface area contributed by atoms with Gasteiger partial charge in [-0.15, -0.1) is 0 Å². The first-order valence-corrected chi connectivity index (χ1v) is 10.9. The highest BCUT2D eigenvalue weighted by Gasteiger charge is 2.35. The molecule has 4 rings (SSSR count). The fourth-order valence-corrected chi connectivity index (χ4v) is 4.57. The number of aromatic nitrogens is 1. The van der Waals surface area contributed by atoms with Crippen LogP contribution >= 0.6 is 11.8 Å². The van der Waals surface area contributed by atoms with Gasteiger partial charge in [-0.25, -0.2) is 0 Å². The molecule has 0 spiro atoms. The summed E-state index contributed by atoms with van der Waals surface area (Å²) in [6.45, 7) is 3.76. The van der Waals surface area contributed by atoms with Crippen LogP contribution in [0.3, 0.4) is 0 Å². The molecule has 0 aliphatic carbocycles. The maximum atomic E-state index is 12.9. The van der Waals surface area contributed by atoms with Crippen molar-refractivity contribution in [2.75, 3.05) is 0 Å². The average Bonchev–Trinajstić information content (AvgIpc) is 3.23. The van der Waals surface area contributed by atoms with Crippen LogP contribution in [0.1, 0.15) is 22.5 Å². The molecule has 0 radical (unpaired) electrons. The number of carbonyl (C=O) groups excluding carboxylic acids is 2. The second-order valence-corrected chi connectivity index (χ2v) is 8.62. The van der Waals surface area contributed by atoms with E-state index in [1.807, 2.05) is 24.5 Å². The van der Waals surface area contributed by atoms with E-state index in [1.54, 1.807) is 18.2 Å². The number of amides is 2. The maximum Gasteiger partial charge on any atom is 0.293 e. The summed E-state index contributed by atoms with van der Waals surface area (Å²) in [5.74, 6) is -0.437. The number of hydrogen-bond donors (Lipinski definition) is 0. The predicted octanol–water partition coefficient (Wildman–Crippen LogP) is 5.15. The first kappa shape index (κ1) is 22.9. The lowest BCUT2D eigenvalue weighted by Gasteiger charge is -2.12. The number of thioether (sulfide) groups is 1. The quantitative estimate of drug-likeness (QED) is 0.272. The Kier molecular flexibility index (Phi) is 6.03. The second-order valence-electron chi connectivity index (χ2n) is 7.63. The Bertz CT molecular complexity index is 1360. The van der Waals surface area contributed by atoms with Gasteiger partial charge >= 0.3 is 0 Å². The minimum absolute atomic E-state index is 0.00636. The molecule has 10 nitrogen and oxygen atoms in total. The van der Waals surface area contributed by atoms with Crippen LogP contribution in [0.25, 0.3) is 11.8 Å². The van der Waals surface area contributed by atoms with Crippen LogP contribution in [-0.2, 0) is 11.3 Å². The summed E-state index contributed by atoms with van der Waals surface area (Å²) >= 11 is 0.835. The van der Waals surface area contributed by atoms with Gasteiger partial charge in [-0.05, 0) is 61.0 Å². The van der Waals surface area contributed by atoms with E-state index in [0.29, 0.717) is 5.56 Å². The highest BCUT2D eigenvalue weighted by atomic mass is 32.2. The van der Waals surface area contributed by atoms with Gasteiger partial charge in [-0.3, -0.25) is 34.7 Å². The van der Waals surface area contributed by atoms with E-state index < -0.39 is 21.0 Å². The van der Waals surface area contributed by atoms with Gasteiger partial charge in [0.2, 0.25) is 0 Å². The molecule has 1 aromatic heterocycles. The first-order chi connectivity index (χ1) is 16.2. The first-order valence-electron chi connectivity index (χ1n) is 10.1. The molecule has 2 aromatic carbocycles. The van der Waals surface area contributed by atoms with Gasteiger partial charge in [0.25, 0.3) is 22.5 Å². The van der Waals surface area contributed by atoms with Crippen LogP contribution in [0, 0.1) is 34.1 Å². The van der Waals surface area contributed by atoms with Crippen LogP contribution in [0.15, 0.2) is 59.5 Å². The summed E-state index contributed by atoms with van der Waals surface area (Å²) in [6.07, 6.45) is 1.66. The smallest absolute Gasteiger partial charge is 0.293 e. The fraction of sp³-hybridized carbons (Fsp3) is 0.130. The van der Waals surface area contributed by atoms with Gasteiger partial charge in [-0.2, -0.15) is 0 Å². The van der Waals surface area contributed by atoms with E-state index in [-0.39, 0.29) is 22.8 Å². The van der Waals surface area contributed by atoms with Crippen molar-refractivity contribution in [3.05, 3.63) is 102 Å². The largest absolute Gasteiger partial charge is 0.318 e. The van der Waals surface area contributed by atoms with Crippen molar-refractivity contribution in [2.45, 2.75) is 20.4 Å². The Morgan fingerprint density at radius 3 is 2.03 bits per heavy atom. The number of rotatable bonds is 6. The number of hydrogen-bond acceptors (Lipinski definition) is 7. The van der Waals surface area contributed by atoms with Gasteiger partial charge in [-0.1, -0.05) is 12.1 Å².